The summed E-state index contributed by atoms with van der Waals surface area (Å²) < 4.78 is 6.32. The Morgan fingerprint density at radius 1 is 1.24 bits per heavy atom. The highest BCUT2D eigenvalue weighted by atomic mass is 28.4. The monoisotopic (exact) mass is 258 g/mol. The molecule has 0 aromatic carbocycles. The Balaban J connectivity index is 4.33. The largest absolute Gasteiger partial charge is 0.414 e. The van der Waals surface area contributed by atoms with Gasteiger partial charge >= 0.3 is 0 Å². The molecule has 0 N–H and O–H groups in total. The summed E-state index contributed by atoms with van der Waals surface area (Å²) in [6.07, 6.45) is 1.85. The molecule has 17 heavy (non-hydrogen) atoms. The minimum atomic E-state index is -1.67. The number of Topliss-reactive ketones (excluding diaryl/α,β-unsaturated/α-hetero) is 1. The van der Waals surface area contributed by atoms with E-state index < -0.39 is 8.32 Å². The van der Waals surface area contributed by atoms with Gasteiger partial charge in [-0.05, 0) is 44.3 Å². The third-order valence-electron chi connectivity index (χ3n) is 4.04. The summed E-state index contributed by atoms with van der Waals surface area (Å²) in [6, 6.07) is 0. The summed E-state index contributed by atoms with van der Waals surface area (Å²) in [5, 5.41) is 0.252. The molecule has 3 heteroatoms. The third kappa shape index (κ3) is 5.82. The lowest BCUT2D eigenvalue weighted by Gasteiger charge is -2.40. The zero-order valence-electron chi connectivity index (χ0n) is 12.9. The number of hydrogen-bond acceptors (Lipinski definition) is 2. The van der Waals surface area contributed by atoms with Gasteiger partial charge < -0.3 is 9.22 Å². The van der Waals surface area contributed by atoms with Crippen LogP contribution in [0.4, 0.5) is 0 Å². The fourth-order valence-corrected chi connectivity index (χ4v) is 2.94. The van der Waals surface area contributed by atoms with Crippen LogP contribution in [-0.2, 0) is 9.22 Å². The van der Waals surface area contributed by atoms with Crippen molar-refractivity contribution in [1.29, 1.82) is 0 Å². The van der Waals surface area contributed by atoms with Crippen molar-refractivity contribution in [1.82, 2.24) is 0 Å². The van der Waals surface area contributed by atoms with E-state index in [1.807, 2.05) is 0 Å². The Labute approximate surface area is 108 Å². The second-order valence-electron chi connectivity index (χ2n) is 6.80. The van der Waals surface area contributed by atoms with Gasteiger partial charge in [0.05, 0.1) is 0 Å². The van der Waals surface area contributed by atoms with Gasteiger partial charge in [0, 0.05) is 12.5 Å². The fourth-order valence-electron chi connectivity index (χ4n) is 1.42. The molecule has 0 rings (SSSR count). The van der Waals surface area contributed by atoms with Gasteiger partial charge in [-0.3, -0.25) is 0 Å². The van der Waals surface area contributed by atoms with Gasteiger partial charge in [0.2, 0.25) is 0 Å². The number of hydrogen-bond donors (Lipinski definition) is 0. The summed E-state index contributed by atoms with van der Waals surface area (Å²) >= 11 is 0. The maximum Gasteiger partial charge on any atom is 0.192 e. The molecular formula is C14H30O2Si. The molecule has 0 bridgehead atoms. The molecule has 0 aliphatic heterocycles. The van der Waals surface area contributed by atoms with Crippen LogP contribution in [0.25, 0.3) is 0 Å². The van der Waals surface area contributed by atoms with Crippen molar-refractivity contribution in [3.63, 3.8) is 0 Å². The van der Waals surface area contributed by atoms with E-state index in [1.54, 1.807) is 6.92 Å². The zero-order valence-corrected chi connectivity index (χ0v) is 13.9. The van der Waals surface area contributed by atoms with Crippen LogP contribution in [0, 0.1) is 5.92 Å². The van der Waals surface area contributed by atoms with Crippen molar-refractivity contribution < 1.29 is 9.22 Å². The van der Waals surface area contributed by atoms with Gasteiger partial charge in [0.15, 0.2) is 8.32 Å². The van der Waals surface area contributed by atoms with E-state index in [2.05, 4.69) is 47.7 Å². The van der Waals surface area contributed by atoms with Crippen molar-refractivity contribution in [3.8, 4) is 0 Å². The Morgan fingerprint density at radius 2 is 1.71 bits per heavy atom. The molecular weight excluding hydrogens is 228 g/mol. The number of carbonyl (C=O) groups excluding carboxylic acids is 1. The molecule has 0 radical (unpaired) electrons. The third-order valence-corrected chi connectivity index (χ3v) is 8.61. The van der Waals surface area contributed by atoms with Crippen molar-refractivity contribution in [2.75, 3.05) is 0 Å². The lowest BCUT2D eigenvalue weighted by molar-refractivity contribution is -0.117. The maximum absolute atomic E-state index is 11.0. The summed E-state index contributed by atoms with van der Waals surface area (Å²) in [4.78, 5) is 11.0. The van der Waals surface area contributed by atoms with Crippen LogP contribution < -0.4 is 0 Å². The highest BCUT2D eigenvalue weighted by Crippen LogP contribution is 2.38. The summed E-state index contributed by atoms with van der Waals surface area (Å²) in [6.45, 7) is 17.3. The number of rotatable bonds is 6. The molecule has 0 aromatic heterocycles. The molecule has 0 amide bonds. The van der Waals surface area contributed by atoms with Crippen LogP contribution in [-0.4, -0.2) is 20.2 Å². The SMILES string of the molecule is CC(=O)CC[C@H](C)[C@@H](C)O[Si](C)(C)C(C)(C)C. The summed E-state index contributed by atoms with van der Waals surface area (Å²) in [5.41, 5.74) is 0. The van der Waals surface area contributed by atoms with Crippen LogP contribution in [0.2, 0.25) is 18.1 Å². The Bertz CT molecular complexity index is 253. The van der Waals surface area contributed by atoms with Gasteiger partial charge in [-0.1, -0.05) is 27.7 Å². The van der Waals surface area contributed by atoms with Crippen molar-refractivity contribution in [3.05, 3.63) is 0 Å². The topological polar surface area (TPSA) is 26.3 Å². The Hall–Kier alpha value is -0.153. The van der Waals surface area contributed by atoms with Crippen LogP contribution in [0.5, 0.6) is 0 Å². The van der Waals surface area contributed by atoms with Gasteiger partial charge in [-0.2, -0.15) is 0 Å². The highest BCUT2D eigenvalue weighted by molar-refractivity contribution is 6.74. The molecule has 0 unspecified atom stereocenters. The molecule has 102 valence electrons. The van der Waals surface area contributed by atoms with Crippen molar-refractivity contribution >= 4 is 14.1 Å². The minimum absolute atomic E-state index is 0.246. The van der Waals surface area contributed by atoms with Gasteiger partial charge in [-0.25, -0.2) is 0 Å². The molecule has 2 atom stereocenters. The standard InChI is InChI=1S/C14H30O2Si/c1-11(9-10-12(2)15)13(3)16-17(7,8)14(4,5)6/h11,13H,9-10H2,1-8H3/t11-,13+/m0/s1. The Morgan fingerprint density at radius 3 is 2.06 bits per heavy atom. The first kappa shape index (κ1) is 16.8. The Kier molecular flexibility index (Phi) is 6.09. The van der Waals surface area contributed by atoms with Crippen LogP contribution >= 0.6 is 0 Å². The first-order valence-electron chi connectivity index (χ1n) is 6.64. The predicted molar refractivity (Wildman–Crippen MR) is 76.8 cm³/mol. The second kappa shape index (κ2) is 6.14. The second-order valence-corrected chi connectivity index (χ2v) is 11.6. The fraction of sp³-hybridized carbons (Fsp3) is 0.929. The first-order chi connectivity index (χ1) is 7.47. The van der Waals surface area contributed by atoms with E-state index >= 15 is 0 Å². The number of carbonyl (C=O) groups is 1. The minimum Gasteiger partial charge on any atom is -0.414 e. The molecule has 2 nitrogen and oxygen atoms in total. The lowest BCUT2D eigenvalue weighted by Crippen LogP contribution is -2.44. The molecule has 0 spiro atoms. The van der Waals surface area contributed by atoms with E-state index in [0.717, 1.165) is 6.42 Å². The number of ketones is 1. The molecule has 0 saturated heterocycles. The molecule has 0 aliphatic carbocycles. The van der Waals surface area contributed by atoms with E-state index in [4.69, 9.17) is 4.43 Å². The van der Waals surface area contributed by atoms with E-state index in [9.17, 15) is 4.79 Å². The summed E-state index contributed by atoms with van der Waals surface area (Å²) in [7, 11) is -1.67. The van der Waals surface area contributed by atoms with E-state index in [0.29, 0.717) is 12.3 Å². The maximum atomic E-state index is 11.0. The van der Waals surface area contributed by atoms with Gasteiger partial charge in [0.25, 0.3) is 0 Å². The predicted octanol–water partition coefficient (Wildman–Crippen LogP) is 4.40. The van der Waals surface area contributed by atoms with Gasteiger partial charge in [0.1, 0.15) is 5.78 Å². The van der Waals surface area contributed by atoms with Crippen LogP contribution in [0.3, 0.4) is 0 Å². The molecule has 0 fully saturated rings. The first-order valence-corrected chi connectivity index (χ1v) is 9.55. The quantitative estimate of drug-likeness (QED) is 0.660. The van der Waals surface area contributed by atoms with E-state index in [-0.39, 0.29) is 16.9 Å². The smallest absolute Gasteiger partial charge is 0.192 e. The zero-order chi connectivity index (χ0) is 13.9. The normalized spacial score (nSPS) is 16.7. The molecule has 0 aliphatic rings. The molecule has 0 aromatic rings. The van der Waals surface area contributed by atoms with Crippen LogP contribution in [0.15, 0.2) is 0 Å². The van der Waals surface area contributed by atoms with Crippen molar-refractivity contribution in [2.24, 2.45) is 5.92 Å². The van der Waals surface area contributed by atoms with Crippen molar-refractivity contribution in [2.45, 2.75) is 78.6 Å². The average Bonchev–Trinajstić information content (AvgIpc) is 2.11. The highest BCUT2D eigenvalue weighted by Gasteiger charge is 2.39. The van der Waals surface area contributed by atoms with Crippen LogP contribution in [0.1, 0.15) is 54.4 Å². The molecule has 0 saturated carbocycles. The molecule has 0 heterocycles. The average molecular weight is 258 g/mol. The van der Waals surface area contributed by atoms with Gasteiger partial charge in [-0.15, -0.1) is 0 Å². The lowest BCUT2D eigenvalue weighted by atomic mass is 9.99. The summed E-state index contributed by atoms with van der Waals surface area (Å²) in [5.74, 6) is 0.726. The van der Waals surface area contributed by atoms with E-state index in [1.165, 1.54) is 0 Å².